The number of carbonyl (C=O) groups excluding carboxylic acids is 1. The third kappa shape index (κ3) is 3.62. The number of hydrogen-bond acceptors (Lipinski definition) is 3. The van der Waals surface area contributed by atoms with Crippen LogP contribution in [0.15, 0.2) is 47.1 Å². The highest BCUT2D eigenvalue weighted by atomic mass is 16.5. The normalized spacial score (nSPS) is 15.9. The van der Waals surface area contributed by atoms with Gasteiger partial charge in [-0.15, -0.1) is 0 Å². The Morgan fingerprint density at radius 3 is 2.67 bits per heavy atom. The van der Waals surface area contributed by atoms with Crippen LogP contribution in [-0.2, 0) is 6.42 Å². The number of nitrogens with zero attached hydrogens (tertiary/aromatic N) is 2. The van der Waals surface area contributed by atoms with Crippen LogP contribution in [0.1, 0.15) is 18.4 Å². The van der Waals surface area contributed by atoms with E-state index in [1.807, 2.05) is 11.0 Å². The molecule has 5 heteroatoms. The van der Waals surface area contributed by atoms with Crippen LogP contribution in [-0.4, -0.2) is 29.2 Å². The van der Waals surface area contributed by atoms with Crippen LogP contribution in [0.3, 0.4) is 0 Å². The van der Waals surface area contributed by atoms with Gasteiger partial charge in [0.15, 0.2) is 0 Å². The van der Waals surface area contributed by atoms with E-state index in [1.165, 1.54) is 11.8 Å². The summed E-state index contributed by atoms with van der Waals surface area (Å²) in [6, 6.07) is 12.1. The molecule has 2 heterocycles. The molecule has 0 saturated carbocycles. The standard InChI is InChI=1S/C16H19N3O2/c20-16(18-15-6-9-17-21-15)19-10-7-14(8-11-19)12-13-4-2-1-3-5-13/h1-6,9,14H,7-8,10-12H2,(H,18,20). The van der Waals surface area contributed by atoms with Crippen molar-refractivity contribution in [2.24, 2.45) is 5.92 Å². The molecule has 0 aliphatic carbocycles. The topological polar surface area (TPSA) is 58.4 Å². The van der Waals surface area contributed by atoms with E-state index < -0.39 is 0 Å². The van der Waals surface area contributed by atoms with Gasteiger partial charge in [-0.05, 0) is 30.7 Å². The zero-order valence-electron chi connectivity index (χ0n) is 11.9. The van der Waals surface area contributed by atoms with Crippen molar-refractivity contribution in [2.45, 2.75) is 19.3 Å². The molecule has 0 atom stereocenters. The van der Waals surface area contributed by atoms with E-state index in [1.54, 1.807) is 6.07 Å². The van der Waals surface area contributed by atoms with Crippen LogP contribution >= 0.6 is 0 Å². The maximum atomic E-state index is 12.1. The number of amides is 2. The van der Waals surface area contributed by atoms with Gasteiger partial charge in [-0.3, -0.25) is 5.32 Å². The Hall–Kier alpha value is -2.30. The number of piperidine rings is 1. The average Bonchev–Trinajstić information content (AvgIpc) is 3.02. The van der Waals surface area contributed by atoms with E-state index in [2.05, 4.69) is 34.7 Å². The number of anilines is 1. The molecule has 1 aliphatic heterocycles. The van der Waals surface area contributed by atoms with Crippen molar-refractivity contribution in [2.75, 3.05) is 18.4 Å². The number of hydrogen-bond donors (Lipinski definition) is 1. The Labute approximate surface area is 123 Å². The van der Waals surface area contributed by atoms with Crippen molar-refractivity contribution in [1.29, 1.82) is 0 Å². The van der Waals surface area contributed by atoms with Crippen molar-refractivity contribution >= 4 is 11.9 Å². The minimum atomic E-state index is -0.107. The van der Waals surface area contributed by atoms with Crippen molar-refractivity contribution < 1.29 is 9.32 Å². The van der Waals surface area contributed by atoms with Crippen LogP contribution in [0, 0.1) is 5.92 Å². The van der Waals surface area contributed by atoms with Gasteiger partial charge in [0.1, 0.15) is 0 Å². The molecule has 1 aromatic carbocycles. The van der Waals surface area contributed by atoms with Crippen LogP contribution in [0.5, 0.6) is 0 Å². The molecule has 3 rings (SSSR count). The zero-order chi connectivity index (χ0) is 14.5. The summed E-state index contributed by atoms with van der Waals surface area (Å²) < 4.78 is 4.89. The number of nitrogens with one attached hydrogen (secondary N) is 1. The Morgan fingerprint density at radius 2 is 2.00 bits per heavy atom. The first-order valence-corrected chi connectivity index (χ1v) is 7.32. The third-order valence-corrected chi connectivity index (χ3v) is 3.94. The number of likely N-dealkylation sites (tertiary alicyclic amines) is 1. The zero-order valence-corrected chi connectivity index (χ0v) is 11.9. The fourth-order valence-electron chi connectivity index (χ4n) is 2.75. The molecule has 1 fully saturated rings. The number of urea groups is 1. The van der Waals surface area contributed by atoms with Crippen LogP contribution in [0.2, 0.25) is 0 Å². The summed E-state index contributed by atoms with van der Waals surface area (Å²) in [6.45, 7) is 1.58. The van der Waals surface area contributed by atoms with Gasteiger partial charge in [0, 0.05) is 19.2 Å². The molecule has 0 unspecified atom stereocenters. The molecule has 1 aliphatic rings. The van der Waals surface area contributed by atoms with E-state index in [0.717, 1.165) is 32.4 Å². The van der Waals surface area contributed by atoms with Crippen LogP contribution in [0.25, 0.3) is 0 Å². The van der Waals surface area contributed by atoms with E-state index in [0.29, 0.717) is 11.8 Å². The number of benzene rings is 1. The van der Waals surface area contributed by atoms with Gasteiger partial charge < -0.3 is 9.42 Å². The molecule has 0 spiro atoms. The fourth-order valence-corrected chi connectivity index (χ4v) is 2.75. The van der Waals surface area contributed by atoms with Gasteiger partial charge >= 0.3 is 6.03 Å². The summed E-state index contributed by atoms with van der Waals surface area (Å²) in [6.07, 6.45) is 4.69. The fraction of sp³-hybridized carbons (Fsp3) is 0.375. The summed E-state index contributed by atoms with van der Waals surface area (Å²) in [5.74, 6) is 1.05. The summed E-state index contributed by atoms with van der Waals surface area (Å²) in [5, 5.41) is 6.29. The quantitative estimate of drug-likeness (QED) is 0.942. The lowest BCUT2D eigenvalue weighted by atomic mass is 9.90. The lowest BCUT2D eigenvalue weighted by molar-refractivity contribution is 0.182. The van der Waals surface area contributed by atoms with E-state index in [-0.39, 0.29) is 6.03 Å². The summed E-state index contributed by atoms with van der Waals surface area (Å²) in [4.78, 5) is 13.9. The highest BCUT2D eigenvalue weighted by Crippen LogP contribution is 2.22. The molecular formula is C16H19N3O2. The van der Waals surface area contributed by atoms with Gasteiger partial charge in [-0.1, -0.05) is 35.5 Å². The van der Waals surface area contributed by atoms with E-state index in [9.17, 15) is 4.79 Å². The molecule has 2 aromatic rings. The van der Waals surface area contributed by atoms with Crippen molar-refractivity contribution in [3.05, 3.63) is 48.2 Å². The number of carbonyl (C=O) groups is 1. The van der Waals surface area contributed by atoms with Gasteiger partial charge in [0.2, 0.25) is 5.88 Å². The largest absolute Gasteiger partial charge is 0.338 e. The highest BCUT2D eigenvalue weighted by Gasteiger charge is 2.23. The Bertz CT molecular complexity index is 560. The summed E-state index contributed by atoms with van der Waals surface area (Å²) >= 11 is 0. The second-order valence-corrected chi connectivity index (χ2v) is 5.43. The maximum absolute atomic E-state index is 12.1. The van der Waals surface area contributed by atoms with E-state index >= 15 is 0 Å². The SMILES string of the molecule is O=C(Nc1ccno1)N1CCC(Cc2ccccc2)CC1. The van der Waals surface area contributed by atoms with E-state index in [4.69, 9.17) is 4.52 Å². The van der Waals surface area contributed by atoms with Gasteiger partial charge in [0.05, 0.1) is 6.20 Å². The minimum Gasteiger partial charge on any atom is -0.338 e. The first kappa shape index (κ1) is 13.7. The van der Waals surface area contributed by atoms with Crippen molar-refractivity contribution in [1.82, 2.24) is 10.1 Å². The second kappa shape index (κ2) is 6.43. The average molecular weight is 285 g/mol. The van der Waals surface area contributed by atoms with Crippen molar-refractivity contribution in [3.8, 4) is 0 Å². The predicted octanol–water partition coefficient (Wildman–Crippen LogP) is 3.16. The van der Waals surface area contributed by atoms with Gasteiger partial charge in [0.25, 0.3) is 0 Å². The number of rotatable bonds is 3. The second-order valence-electron chi connectivity index (χ2n) is 5.43. The number of aromatic nitrogens is 1. The third-order valence-electron chi connectivity index (χ3n) is 3.94. The molecule has 1 saturated heterocycles. The lowest BCUT2D eigenvalue weighted by Crippen LogP contribution is -2.41. The molecule has 2 amide bonds. The Kier molecular flexibility index (Phi) is 4.19. The van der Waals surface area contributed by atoms with Gasteiger partial charge in [-0.2, -0.15) is 0 Å². The molecule has 5 nitrogen and oxygen atoms in total. The maximum Gasteiger partial charge on any atom is 0.324 e. The minimum absolute atomic E-state index is 0.107. The predicted molar refractivity (Wildman–Crippen MR) is 80.0 cm³/mol. The Morgan fingerprint density at radius 1 is 1.24 bits per heavy atom. The van der Waals surface area contributed by atoms with Crippen LogP contribution in [0.4, 0.5) is 10.7 Å². The summed E-state index contributed by atoms with van der Waals surface area (Å²) in [5.41, 5.74) is 1.38. The molecule has 110 valence electrons. The molecule has 1 N–H and O–H groups in total. The molecule has 1 aromatic heterocycles. The monoisotopic (exact) mass is 285 g/mol. The Balaban J connectivity index is 1.47. The highest BCUT2D eigenvalue weighted by molar-refractivity contribution is 5.87. The molecule has 0 bridgehead atoms. The smallest absolute Gasteiger partial charge is 0.324 e. The molecule has 0 radical (unpaired) electrons. The lowest BCUT2D eigenvalue weighted by Gasteiger charge is -2.31. The molecule has 21 heavy (non-hydrogen) atoms. The first-order valence-electron chi connectivity index (χ1n) is 7.32. The molecular weight excluding hydrogens is 266 g/mol. The van der Waals surface area contributed by atoms with Crippen molar-refractivity contribution in [3.63, 3.8) is 0 Å². The van der Waals surface area contributed by atoms with Crippen LogP contribution < -0.4 is 5.32 Å². The first-order chi connectivity index (χ1) is 10.3. The summed E-state index contributed by atoms with van der Waals surface area (Å²) in [7, 11) is 0. The van der Waals surface area contributed by atoms with Gasteiger partial charge in [-0.25, -0.2) is 4.79 Å².